The molecule has 0 fully saturated rings. The quantitative estimate of drug-likeness (QED) is 0.799. The summed E-state index contributed by atoms with van der Waals surface area (Å²) in [6.07, 6.45) is 3.02. The average Bonchev–Trinajstić information content (AvgIpc) is 2.51. The first-order valence-electron chi connectivity index (χ1n) is 7.28. The number of nitriles is 1. The van der Waals surface area contributed by atoms with Crippen molar-refractivity contribution in [1.29, 1.82) is 5.26 Å². The molecular formula is C15H24N4O. The molecule has 0 saturated heterocycles. The van der Waals surface area contributed by atoms with Gasteiger partial charge in [0.1, 0.15) is 11.6 Å². The van der Waals surface area contributed by atoms with Crippen LogP contribution in [0.3, 0.4) is 0 Å². The van der Waals surface area contributed by atoms with Gasteiger partial charge in [-0.3, -0.25) is 0 Å². The van der Waals surface area contributed by atoms with Gasteiger partial charge in [-0.1, -0.05) is 27.7 Å². The number of aliphatic hydroxyl groups excluding tert-OH is 1. The van der Waals surface area contributed by atoms with Gasteiger partial charge in [0.25, 0.3) is 0 Å². The third-order valence-electron chi connectivity index (χ3n) is 4.00. The maximum Gasteiger partial charge on any atom is 0.167 e. The number of hydrogen-bond acceptors (Lipinski definition) is 5. The van der Waals surface area contributed by atoms with E-state index in [4.69, 9.17) is 0 Å². The molecule has 1 rings (SSSR count). The number of rotatable bonds is 7. The lowest BCUT2D eigenvalue weighted by molar-refractivity contribution is 0.202. The summed E-state index contributed by atoms with van der Waals surface area (Å²) in [6, 6.07) is 2.24. The van der Waals surface area contributed by atoms with E-state index in [1.165, 1.54) is 0 Å². The normalized spacial score (nSPS) is 11.2. The van der Waals surface area contributed by atoms with Gasteiger partial charge in [0.15, 0.2) is 5.82 Å². The van der Waals surface area contributed by atoms with Gasteiger partial charge < -0.3 is 10.4 Å². The Morgan fingerprint density at radius 2 is 1.80 bits per heavy atom. The second-order valence-corrected chi connectivity index (χ2v) is 4.94. The maximum atomic E-state index is 9.64. The van der Waals surface area contributed by atoms with Gasteiger partial charge in [-0.05, 0) is 31.2 Å². The Balaban J connectivity index is 3.29. The zero-order valence-corrected chi connectivity index (χ0v) is 12.8. The van der Waals surface area contributed by atoms with E-state index >= 15 is 0 Å². The third-order valence-corrected chi connectivity index (χ3v) is 4.00. The molecule has 1 heterocycles. The zero-order chi connectivity index (χ0) is 15.2. The van der Waals surface area contributed by atoms with E-state index in [9.17, 15) is 10.4 Å². The summed E-state index contributed by atoms with van der Waals surface area (Å²) in [5, 5.41) is 30.7. The fourth-order valence-corrected chi connectivity index (χ4v) is 2.32. The van der Waals surface area contributed by atoms with E-state index < -0.39 is 5.54 Å². The molecule has 1 aromatic heterocycles. The summed E-state index contributed by atoms with van der Waals surface area (Å²) in [5.41, 5.74) is 1.93. The van der Waals surface area contributed by atoms with Crippen LogP contribution in [0, 0.1) is 11.3 Å². The number of aromatic nitrogens is 2. The van der Waals surface area contributed by atoms with Crippen LogP contribution in [0.5, 0.6) is 0 Å². The van der Waals surface area contributed by atoms with Crippen molar-refractivity contribution in [3.63, 3.8) is 0 Å². The Morgan fingerprint density at radius 1 is 1.15 bits per heavy atom. The van der Waals surface area contributed by atoms with Crippen LogP contribution >= 0.6 is 0 Å². The van der Waals surface area contributed by atoms with Gasteiger partial charge in [0.05, 0.1) is 17.8 Å². The molecule has 5 nitrogen and oxygen atoms in total. The minimum absolute atomic E-state index is 0.00351. The summed E-state index contributed by atoms with van der Waals surface area (Å²) in [5.74, 6) is 0.485. The van der Waals surface area contributed by atoms with E-state index in [1.54, 1.807) is 0 Å². The summed E-state index contributed by atoms with van der Waals surface area (Å²) in [6.45, 7) is 8.04. The lowest BCUT2D eigenvalue weighted by atomic mass is 9.93. The van der Waals surface area contributed by atoms with Crippen molar-refractivity contribution in [3.05, 3.63) is 16.8 Å². The van der Waals surface area contributed by atoms with Gasteiger partial charge in [0, 0.05) is 0 Å². The number of nitrogens with zero attached hydrogens (tertiary/aromatic N) is 3. The Morgan fingerprint density at radius 3 is 2.20 bits per heavy atom. The highest BCUT2D eigenvalue weighted by atomic mass is 16.3. The fourth-order valence-electron chi connectivity index (χ4n) is 2.32. The van der Waals surface area contributed by atoms with Crippen molar-refractivity contribution in [2.24, 2.45) is 0 Å². The third kappa shape index (κ3) is 3.07. The van der Waals surface area contributed by atoms with Gasteiger partial charge in [0.2, 0.25) is 0 Å². The van der Waals surface area contributed by atoms with E-state index in [2.05, 4.69) is 21.6 Å². The lowest BCUT2D eigenvalue weighted by Gasteiger charge is -2.31. The lowest BCUT2D eigenvalue weighted by Crippen LogP contribution is -2.41. The first kappa shape index (κ1) is 16.4. The second-order valence-electron chi connectivity index (χ2n) is 4.94. The van der Waals surface area contributed by atoms with Crippen molar-refractivity contribution in [3.8, 4) is 6.07 Å². The Labute approximate surface area is 121 Å². The van der Waals surface area contributed by atoms with Crippen LogP contribution in [0.25, 0.3) is 0 Å². The van der Waals surface area contributed by atoms with E-state index in [0.29, 0.717) is 11.4 Å². The molecule has 0 aliphatic heterocycles. The molecule has 0 aliphatic rings. The highest BCUT2D eigenvalue weighted by Gasteiger charge is 2.27. The largest absolute Gasteiger partial charge is 0.394 e. The summed E-state index contributed by atoms with van der Waals surface area (Å²) in [7, 11) is 0. The van der Waals surface area contributed by atoms with Crippen LogP contribution < -0.4 is 5.32 Å². The van der Waals surface area contributed by atoms with Crippen LogP contribution in [-0.4, -0.2) is 27.4 Å². The van der Waals surface area contributed by atoms with Crippen molar-refractivity contribution in [2.45, 2.75) is 58.9 Å². The van der Waals surface area contributed by atoms with Crippen LogP contribution in [0.1, 0.15) is 57.4 Å². The number of aryl methyl sites for hydroxylation is 1. The molecular weight excluding hydrogens is 252 g/mol. The first-order chi connectivity index (χ1) is 9.61. The predicted molar refractivity (Wildman–Crippen MR) is 79.5 cm³/mol. The van der Waals surface area contributed by atoms with Crippen molar-refractivity contribution in [2.75, 3.05) is 11.9 Å². The smallest absolute Gasteiger partial charge is 0.167 e. The van der Waals surface area contributed by atoms with Gasteiger partial charge >= 0.3 is 0 Å². The summed E-state index contributed by atoms with van der Waals surface area (Å²) >= 11 is 0. The topological polar surface area (TPSA) is 81.8 Å². The molecule has 0 saturated carbocycles. The second kappa shape index (κ2) is 7.20. The number of anilines is 1. The van der Waals surface area contributed by atoms with Gasteiger partial charge in [-0.15, -0.1) is 5.10 Å². The monoisotopic (exact) mass is 276 g/mol. The first-order valence-corrected chi connectivity index (χ1v) is 7.28. The molecule has 0 spiro atoms. The minimum Gasteiger partial charge on any atom is -0.394 e. The van der Waals surface area contributed by atoms with Crippen LogP contribution in [0.15, 0.2) is 0 Å². The summed E-state index contributed by atoms with van der Waals surface area (Å²) in [4.78, 5) is 0. The van der Waals surface area contributed by atoms with E-state index in [-0.39, 0.29) is 6.61 Å². The Kier molecular flexibility index (Phi) is 5.90. The molecule has 0 aliphatic carbocycles. The molecule has 0 aromatic carbocycles. The van der Waals surface area contributed by atoms with E-state index in [1.807, 2.05) is 27.7 Å². The van der Waals surface area contributed by atoms with Crippen LogP contribution in [-0.2, 0) is 12.8 Å². The number of nitrogens with one attached hydrogen (secondary N) is 1. The molecule has 20 heavy (non-hydrogen) atoms. The predicted octanol–water partition coefficient (Wildman–Crippen LogP) is 2.44. The minimum atomic E-state index is -0.445. The van der Waals surface area contributed by atoms with Crippen molar-refractivity contribution in [1.82, 2.24) is 10.2 Å². The molecule has 110 valence electrons. The van der Waals surface area contributed by atoms with Gasteiger partial charge in [-0.25, -0.2) is 0 Å². The van der Waals surface area contributed by atoms with E-state index in [0.717, 1.165) is 36.9 Å². The van der Waals surface area contributed by atoms with Crippen LogP contribution in [0.4, 0.5) is 5.82 Å². The molecule has 1 aromatic rings. The maximum absolute atomic E-state index is 9.64. The molecule has 2 N–H and O–H groups in total. The summed E-state index contributed by atoms with van der Waals surface area (Å²) < 4.78 is 0. The molecule has 0 unspecified atom stereocenters. The number of hydrogen-bond donors (Lipinski definition) is 2. The van der Waals surface area contributed by atoms with Gasteiger partial charge in [-0.2, -0.15) is 10.4 Å². The molecule has 0 amide bonds. The van der Waals surface area contributed by atoms with Crippen LogP contribution in [0.2, 0.25) is 0 Å². The molecule has 0 radical (unpaired) electrons. The molecule has 0 atom stereocenters. The highest BCUT2D eigenvalue weighted by Crippen LogP contribution is 2.25. The fraction of sp³-hybridized carbons (Fsp3) is 0.667. The Bertz CT molecular complexity index is 481. The van der Waals surface area contributed by atoms with Crippen molar-refractivity contribution < 1.29 is 5.11 Å². The Hall–Kier alpha value is -1.67. The van der Waals surface area contributed by atoms with Crippen molar-refractivity contribution >= 4 is 5.82 Å². The standard InChI is InChI=1S/C15H24N4O/c1-5-11-12(9-16)14(19-18-13(11)6-2)17-15(7-3,8-4)10-20/h20H,5-8,10H2,1-4H3,(H,17,19). The highest BCUT2D eigenvalue weighted by molar-refractivity contribution is 5.57. The average molecular weight is 276 g/mol. The zero-order valence-electron chi connectivity index (χ0n) is 12.8. The molecule has 0 bridgehead atoms. The molecule has 5 heteroatoms. The number of aliphatic hydroxyl groups is 1. The SMILES string of the molecule is CCc1nnc(NC(CC)(CC)CO)c(C#N)c1CC.